The molecule has 4 rings (SSSR count). The van der Waals surface area contributed by atoms with Crippen LogP contribution in [-0.4, -0.2) is 60.1 Å². The number of rotatable bonds is 5. The SMILES string of the molecule is COCC1CC2(CCN(C(=O)C3CCC3)CC2)CN1Cc1cccnc1. The Morgan fingerprint density at radius 2 is 2.15 bits per heavy atom. The molecular formula is C21H31N3O2. The van der Waals surface area contributed by atoms with Crippen molar-refractivity contribution in [3.63, 3.8) is 0 Å². The Labute approximate surface area is 156 Å². The number of piperidine rings is 1. The molecule has 1 aromatic rings. The van der Waals surface area contributed by atoms with Crippen molar-refractivity contribution in [2.24, 2.45) is 11.3 Å². The summed E-state index contributed by atoms with van der Waals surface area (Å²) < 4.78 is 5.52. The van der Waals surface area contributed by atoms with Gasteiger partial charge in [-0.05, 0) is 49.1 Å². The van der Waals surface area contributed by atoms with Crippen LogP contribution in [0.3, 0.4) is 0 Å². The van der Waals surface area contributed by atoms with Gasteiger partial charge >= 0.3 is 0 Å². The Kier molecular flexibility index (Phi) is 5.28. The Hall–Kier alpha value is -1.46. The van der Waals surface area contributed by atoms with E-state index in [4.69, 9.17) is 4.74 Å². The van der Waals surface area contributed by atoms with Gasteiger partial charge in [0.15, 0.2) is 0 Å². The molecule has 5 heteroatoms. The molecule has 0 radical (unpaired) electrons. The van der Waals surface area contributed by atoms with Gasteiger partial charge in [-0.1, -0.05) is 12.5 Å². The highest BCUT2D eigenvalue weighted by molar-refractivity contribution is 5.79. The number of hydrogen-bond acceptors (Lipinski definition) is 4. The molecule has 3 heterocycles. The summed E-state index contributed by atoms with van der Waals surface area (Å²) in [6.07, 6.45) is 10.7. The van der Waals surface area contributed by atoms with Gasteiger partial charge in [-0.3, -0.25) is 14.7 Å². The zero-order chi connectivity index (χ0) is 18.0. The van der Waals surface area contributed by atoms with Crippen LogP contribution in [-0.2, 0) is 16.1 Å². The highest BCUT2D eigenvalue weighted by atomic mass is 16.5. The lowest BCUT2D eigenvalue weighted by Crippen LogP contribution is -2.47. The first-order valence-electron chi connectivity index (χ1n) is 10.1. The van der Waals surface area contributed by atoms with Gasteiger partial charge in [-0.2, -0.15) is 0 Å². The van der Waals surface area contributed by atoms with Crippen LogP contribution in [0.15, 0.2) is 24.5 Å². The third kappa shape index (κ3) is 3.65. The fraction of sp³-hybridized carbons (Fsp3) is 0.714. The molecule has 0 aromatic carbocycles. The van der Waals surface area contributed by atoms with Crippen molar-refractivity contribution in [2.75, 3.05) is 33.4 Å². The zero-order valence-corrected chi connectivity index (χ0v) is 15.9. The van der Waals surface area contributed by atoms with Crippen molar-refractivity contribution in [1.82, 2.24) is 14.8 Å². The maximum atomic E-state index is 12.5. The quantitative estimate of drug-likeness (QED) is 0.813. The molecule has 3 fully saturated rings. The third-order valence-corrected chi connectivity index (χ3v) is 6.78. The predicted molar refractivity (Wildman–Crippen MR) is 101 cm³/mol. The molecule has 5 nitrogen and oxygen atoms in total. The van der Waals surface area contributed by atoms with Crippen molar-refractivity contribution in [1.29, 1.82) is 0 Å². The van der Waals surface area contributed by atoms with Crippen LogP contribution >= 0.6 is 0 Å². The standard InChI is InChI=1S/C21H31N3O2/c1-26-15-19-12-21(16-24(19)14-17-4-3-9-22-13-17)7-10-23(11-8-21)20(25)18-5-2-6-18/h3-4,9,13,18-19H,2,5-8,10-12,14-16H2,1H3. The zero-order valence-electron chi connectivity index (χ0n) is 15.9. The van der Waals surface area contributed by atoms with Crippen molar-refractivity contribution < 1.29 is 9.53 Å². The van der Waals surface area contributed by atoms with E-state index in [0.29, 0.717) is 23.3 Å². The molecule has 1 saturated carbocycles. The summed E-state index contributed by atoms with van der Waals surface area (Å²) in [5, 5.41) is 0. The molecule has 1 atom stereocenters. The summed E-state index contributed by atoms with van der Waals surface area (Å²) in [4.78, 5) is 21.5. The maximum Gasteiger partial charge on any atom is 0.225 e. The molecule has 26 heavy (non-hydrogen) atoms. The molecule has 1 aromatic heterocycles. The monoisotopic (exact) mass is 357 g/mol. The van der Waals surface area contributed by atoms with Crippen LogP contribution in [0.2, 0.25) is 0 Å². The van der Waals surface area contributed by atoms with Crippen LogP contribution in [0.1, 0.15) is 44.1 Å². The summed E-state index contributed by atoms with van der Waals surface area (Å²) in [6, 6.07) is 4.63. The van der Waals surface area contributed by atoms with E-state index in [9.17, 15) is 4.79 Å². The van der Waals surface area contributed by atoms with E-state index in [1.165, 1.54) is 18.4 Å². The first-order chi connectivity index (χ1) is 12.7. The van der Waals surface area contributed by atoms with E-state index in [0.717, 1.165) is 58.5 Å². The van der Waals surface area contributed by atoms with Gasteiger partial charge in [0.25, 0.3) is 0 Å². The van der Waals surface area contributed by atoms with Crippen molar-refractivity contribution >= 4 is 5.91 Å². The number of carbonyl (C=O) groups is 1. The molecule has 3 aliphatic rings. The van der Waals surface area contributed by atoms with E-state index >= 15 is 0 Å². The molecule has 1 amide bonds. The summed E-state index contributed by atoms with van der Waals surface area (Å²) in [5.74, 6) is 0.751. The van der Waals surface area contributed by atoms with E-state index in [1.54, 1.807) is 7.11 Å². The van der Waals surface area contributed by atoms with Gasteiger partial charge in [-0.15, -0.1) is 0 Å². The average molecular weight is 357 g/mol. The van der Waals surface area contributed by atoms with Crippen LogP contribution < -0.4 is 0 Å². The van der Waals surface area contributed by atoms with E-state index < -0.39 is 0 Å². The number of likely N-dealkylation sites (tertiary alicyclic amines) is 2. The van der Waals surface area contributed by atoms with Crippen molar-refractivity contribution in [2.45, 2.75) is 51.1 Å². The minimum absolute atomic E-state index is 0.330. The third-order valence-electron chi connectivity index (χ3n) is 6.78. The number of methoxy groups -OCH3 is 1. The Bertz CT molecular complexity index is 609. The van der Waals surface area contributed by atoms with Crippen LogP contribution in [0.5, 0.6) is 0 Å². The average Bonchev–Trinajstić information content (AvgIpc) is 2.92. The van der Waals surface area contributed by atoms with Crippen LogP contribution in [0, 0.1) is 11.3 Å². The Morgan fingerprint density at radius 1 is 1.35 bits per heavy atom. The lowest BCUT2D eigenvalue weighted by molar-refractivity contribution is -0.140. The van der Waals surface area contributed by atoms with Gasteiger partial charge in [0.1, 0.15) is 0 Å². The van der Waals surface area contributed by atoms with E-state index in [1.807, 2.05) is 18.5 Å². The highest BCUT2D eigenvalue weighted by Crippen LogP contribution is 2.44. The Morgan fingerprint density at radius 3 is 2.77 bits per heavy atom. The molecule has 0 N–H and O–H groups in total. The fourth-order valence-electron chi connectivity index (χ4n) is 5.00. The minimum atomic E-state index is 0.330. The number of pyridine rings is 1. The molecule has 1 unspecified atom stereocenters. The second kappa shape index (κ2) is 7.65. The Balaban J connectivity index is 1.38. The predicted octanol–water partition coefficient (Wildman–Crippen LogP) is 2.71. The lowest BCUT2D eigenvalue weighted by Gasteiger charge is -2.41. The van der Waals surface area contributed by atoms with E-state index in [-0.39, 0.29) is 0 Å². The van der Waals surface area contributed by atoms with Gasteiger partial charge in [0.05, 0.1) is 6.61 Å². The highest BCUT2D eigenvalue weighted by Gasteiger charge is 2.46. The van der Waals surface area contributed by atoms with Gasteiger partial charge < -0.3 is 9.64 Å². The molecule has 1 aliphatic carbocycles. The van der Waals surface area contributed by atoms with Crippen LogP contribution in [0.25, 0.3) is 0 Å². The number of amides is 1. The first-order valence-corrected chi connectivity index (χ1v) is 10.1. The van der Waals surface area contributed by atoms with E-state index in [2.05, 4.69) is 20.9 Å². The van der Waals surface area contributed by atoms with Crippen molar-refractivity contribution in [3.05, 3.63) is 30.1 Å². The topological polar surface area (TPSA) is 45.7 Å². The van der Waals surface area contributed by atoms with Crippen LogP contribution in [0.4, 0.5) is 0 Å². The first kappa shape index (κ1) is 17.9. The maximum absolute atomic E-state index is 12.5. The summed E-state index contributed by atoms with van der Waals surface area (Å²) in [5.41, 5.74) is 1.62. The normalized spacial score (nSPS) is 26.2. The fourth-order valence-corrected chi connectivity index (χ4v) is 5.00. The van der Waals surface area contributed by atoms with Gasteiger partial charge in [0, 0.05) is 57.6 Å². The number of hydrogen-bond donors (Lipinski definition) is 0. The second-order valence-electron chi connectivity index (χ2n) is 8.53. The molecule has 0 bridgehead atoms. The molecule has 142 valence electrons. The largest absolute Gasteiger partial charge is 0.383 e. The smallest absolute Gasteiger partial charge is 0.225 e. The lowest BCUT2D eigenvalue weighted by atomic mass is 9.76. The number of aromatic nitrogens is 1. The molecular weight excluding hydrogens is 326 g/mol. The second-order valence-corrected chi connectivity index (χ2v) is 8.53. The summed E-state index contributed by atoms with van der Waals surface area (Å²) in [7, 11) is 1.80. The molecule has 2 aliphatic heterocycles. The number of ether oxygens (including phenoxy) is 1. The van der Waals surface area contributed by atoms with Gasteiger partial charge in [-0.25, -0.2) is 0 Å². The number of nitrogens with zero attached hydrogens (tertiary/aromatic N) is 3. The molecule has 1 spiro atoms. The number of carbonyl (C=O) groups excluding carboxylic acids is 1. The summed E-state index contributed by atoms with van der Waals surface area (Å²) >= 11 is 0. The van der Waals surface area contributed by atoms with Crippen molar-refractivity contribution in [3.8, 4) is 0 Å². The minimum Gasteiger partial charge on any atom is -0.383 e. The molecule has 2 saturated heterocycles. The summed E-state index contributed by atoms with van der Waals surface area (Å²) in [6.45, 7) is 4.72. The van der Waals surface area contributed by atoms with Gasteiger partial charge in [0.2, 0.25) is 5.91 Å².